The van der Waals surface area contributed by atoms with Gasteiger partial charge in [-0.15, -0.1) is 0 Å². The van der Waals surface area contributed by atoms with Crippen LogP contribution in [0.25, 0.3) is 0 Å². The molecule has 1 heterocycles. The summed E-state index contributed by atoms with van der Waals surface area (Å²) in [6, 6.07) is 25.3. The number of hydrogen-bond donors (Lipinski definition) is 3. The molecule has 1 aliphatic carbocycles. The van der Waals surface area contributed by atoms with E-state index < -0.39 is 0 Å². The standard InChI is InChI=1S/C28H30N6O/c29-27(30)31-22-15-17-23(18-16-22)34(19-20-9-3-1-4-10-20)28(35)32-25-14-8-7-13-24(25)26(33-34)21-11-5-2-6-12-21/h1,3-4,7-10,13-18,21H,2,5-6,11-12,19H2,(H4-,29,30,31,32,33,35)/p+1. The molecule has 7 nitrogen and oxygen atoms in total. The molecule has 1 aliphatic heterocycles. The number of quaternary nitrogens is 1. The fourth-order valence-electron chi connectivity index (χ4n) is 5.13. The molecule has 0 saturated heterocycles. The van der Waals surface area contributed by atoms with E-state index in [2.05, 4.69) is 16.4 Å². The third-order valence-electron chi connectivity index (χ3n) is 6.84. The highest BCUT2D eigenvalue weighted by Gasteiger charge is 2.45. The predicted octanol–water partition coefficient (Wildman–Crippen LogP) is 5.63. The van der Waals surface area contributed by atoms with Crippen molar-refractivity contribution in [1.82, 2.24) is 4.59 Å². The van der Waals surface area contributed by atoms with E-state index in [4.69, 9.17) is 16.6 Å². The first-order valence-electron chi connectivity index (χ1n) is 12.2. The Labute approximate surface area is 205 Å². The molecule has 3 aromatic carbocycles. The molecule has 1 saturated carbocycles. The molecule has 5 rings (SSSR count). The van der Waals surface area contributed by atoms with Gasteiger partial charge in [-0.25, -0.2) is 9.79 Å². The molecule has 35 heavy (non-hydrogen) atoms. The largest absolute Gasteiger partial charge is 0.453 e. The van der Waals surface area contributed by atoms with Crippen LogP contribution in [0.5, 0.6) is 0 Å². The van der Waals surface area contributed by atoms with Crippen LogP contribution in [0.3, 0.4) is 0 Å². The van der Waals surface area contributed by atoms with Gasteiger partial charge in [-0.3, -0.25) is 5.32 Å². The number of amides is 2. The summed E-state index contributed by atoms with van der Waals surface area (Å²) in [6.07, 6.45) is 5.77. The zero-order chi connectivity index (χ0) is 24.3. The number of nitrogens with two attached hydrogens (primary N) is 2. The van der Waals surface area contributed by atoms with Crippen LogP contribution in [0.15, 0.2) is 89.0 Å². The minimum Gasteiger partial charge on any atom is -0.370 e. The quantitative estimate of drug-likeness (QED) is 0.257. The van der Waals surface area contributed by atoms with E-state index in [0.29, 0.717) is 18.2 Å². The molecular formula is C28H31N6O+. The van der Waals surface area contributed by atoms with Crippen molar-refractivity contribution in [3.8, 4) is 0 Å². The van der Waals surface area contributed by atoms with Crippen LogP contribution in [-0.4, -0.2) is 17.7 Å². The van der Waals surface area contributed by atoms with Crippen molar-refractivity contribution in [1.29, 1.82) is 0 Å². The van der Waals surface area contributed by atoms with Crippen LogP contribution in [-0.2, 0) is 6.54 Å². The van der Waals surface area contributed by atoms with Crippen molar-refractivity contribution < 1.29 is 4.79 Å². The minimum atomic E-state index is -0.216. The third kappa shape index (κ3) is 4.68. The number of rotatable bonds is 5. The first-order chi connectivity index (χ1) is 17.0. The number of hydrogen-bond acceptors (Lipinski definition) is 3. The number of fused-ring (bicyclic) bond motifs is 1. The fourth-order valence-corrected chi connectivity index (χ4v) is 5.13. The molecule has 2 amide bonds. The van der Waals surface area contributed by atoms with Gasteiger partial charge >= 0.3 is 6.03 Å². The van der Waals surface area contributed by atoms with E-state index in [9.17, 15) is 4.79 Å². The van der Waals surface area contributed by atoms with E-state index in [1.54, 1.807) is 0 Å². The summed E-state index contributed by atoms with van der Waals surface area (Å²) in [5.74, 6) is 0.304. The lowest BCUT2D eigenvalue weighted by molar-refractivity contribution is 0.211. The van der Waals surface area contributed by atoms with Crippen molar-refractivity contribution in [2.45, 2.75) is 38.6 Å². The Bertz CT molecular complexity index is 1260. The smallest absolute Gasteiger partial charge is 0.370 e. The molecule has 0 aromatic heterocycles. The number of guanidine groups is 1. The average molecular weight is 468 g/mol. The van der Waals surface area contributed by atoms with Crippen LogP contribution >= 0.6 is 0 Å². The number of carbonyl (C=O) groups excluding carboxylic acids is 1. The van der Waals surface area contributed by atoms with Crippen LogP contribution in [0, 0.1) is 5.92 Å². The average Bonchev–Trinajstić information content (AvgIpc) is 3.00. The van der Waals surface area contributed by atoms with E-state index >= 15 is 0 Å². The predicted molar refractivity (Wildman–Crippen MR) is 142 cm³/mol. The van der Waals surface area contributed by atoms with E-state index in [1.807, 2.05) is 72.8 Å². The highest BCUT2D eigenvalue weighted by molar-refractivity contribution is 6.13. The molecule has 0 radical (unpaired) electrons. The van der Waals surface area contributed by atoms with Crippen molar-refractivity contribution >= 4 is 34.8 Å². The topological polar surface area (TPSA) is 106 Å². The first-order valence-corrected chi connectivity index (χ1v) is 12.2. The van der Waals surface area contributed by atoms with Crippen molar-refractivity contribution in [3.63, 3.8) is 0 Å². The van der Waals surface area contributed by atoms with Gasteiger partial charge < -0.3 is 11.5 Å². The normalized spacial score (nSPS) is 20.2. The second-order valence-electron chi connectivity index (χ2n) is 9.26. The second kappa shape index (κ2) is 9.72. The van der Waals surface area contributed by atoms with Gasteiger partial charge in [-0.2, -0.15) is 0 Å². The van der Waals surface area contributed by atoms with Crippen LogP contribution < -0.4 is 21.4 Å². The summed E-state index contributed by atoms with van der Waals surface area (Å²) in [4.78, 5) is 18.2. The SMILES string of the molecule is NC(N)=Nc1ccc([N+]2(Cc3ccccc3)N=C(C3CCCCC3)c3ccccc3NC2=O)cc1. The maximum absolute atomic E-state index is 14.1. The molecule has 0 bridgehead atoms. The Morgan fingerprint density at radius 1 is 0.914 bits per heavy atom. The molecule has 7 heteroatoms. The summed E-state index contributed by atoms with van der Waals surface area (Å²) >= 11 is 0. The molecule has 0 spiro atoms. The van der Waals surface area contributed by atoms with Gasteiger partial charge in [0.2, 0.25) is 0 Å². The van der Waals surface area contributed by atoms with Gasteiger partial charge in [-0.05, 0) is 31.0 Å². The Morgan fingerprint density at radius 2 is 1.60 bits per heavy atom. The minimum absolute atomic E-state index is 0.00787. The van der Waals surface area contributed by atoms with Crippen LogP contribution in [0.2, 0.25) is 0 Å². The van der Waals surface area contributed by atoms with Crippen molar-refractivity contribution in [3.05, 3.63) is 90.0 Å². The molecular weight excluding hydrogens is 436 g/mol. The Kier molecular flexibility index (Phi) is 6.33. The van der Waals surface area contributed by atoms with Crippen molar-refractivity contribution in [2.24, 2.45) is 27.5 Å². The fraction of sp³-hybridized carbons (Fsp3) is 0.250. The Balaban J connectivity index is 1.71. The number of benzene rings is 3. The van der Waals surface area contributed by atoms with E-state index in [-0.39, 0.29) is 16.6 Å². The summed E-state index contributed by atoms with van der Waals surface area (Å²) < 4.78 is -0.216. The lowest BCUT2D eigenvalue weighted by Gasteiger charge is -2.30. The molecule has 2 aliphatic rings. The highest BCUT2D eigenvalue weighted by Crippen LogP contribution is 2.38. The lowest BCUT2D eigenvalue weighted by atomic mass is 9.83. The summed E-state index contributed by atoms with van der Waals surface area (Å²) in [5.41, 5.74) is 16.4. The lowest BCUT2D eigenvalue weighted by Crippen LogP contribution is -2.51. The van der Waals surface area contributed by atoms with Crippen LogP contribution in [0.4, 0.5) is 21.9 Å². The maximum atomic E-state index is 14.1. The molecule has 1 unspecified atom stereocenters. The molecule has 1 atom stereocenters. The first kappa shape index (κ1) is 22.8. The molecule has 3 aromatic rings. The number of anilines is 1. The van der Waals surface area contributed by atoms with E-state index in [0.717, 1.165) is 41.1 Å². The summed E-state index contributed by atoms with van der Waals surface area (Å²) in [6.45, 7) is 0.387. The monoisotopic (exact) mass is 467 g/mol. The third-order valence-corrected chi connectivity index (χ3v) is 6.84. The zero-order valence-electron chi connectivity index (χ0n) is 19.7. The molecule has 5 N–H and O–H groups in total. The number of nitrogens with one attached hydrogen (secondary N) is 1. The highest BCUT2D eigenvalue weighted by atomic mass is 16.2. The van der Waals surface area contributed by atoms with Crippen molar-refractivity contribution in [2.75, 3.05) is 5.32 Å². The number of nitrogens with zero attached hydrogens (tertiary/aromatic N) is 3. The number of urea groups is 1. The molecule has 178 valence electrons. The Morgan fingerprint density at radius 3 is 2.31 bits per heavy atom. The Hall–Kier alpha value is -3.97. The van der Waals surface area contributed by atoms with Gasteiger partial charge in [0.05, 0.1) is 11.4 Å². The summed E-state index contributed by atoms with van der Waals surface area (Å²) in [5, 5.41) is 8.57. The van der Waals surface area contributed by atoms with Gasteiger partial charge in [-0.1, -0.05) is 77.5 Å². The van der Waals surface area contributed by atoms with Gasteiger partial charge in [0.15, 0.2) is 11.6 Å². The van der Waals surface area contributed by atoms with Gasteiger partial charge in [0.25, 0.3) is 0 Å². The zero-order valence-corrected chi connectivity index (χ0v) is 19.7. The molecule has 1 fully saturated rings. The number of carbonyl (C=O) groups is 1. The van der Waals surface area contributed by atoms with Gasteiger partial charge in [0.1, 0.15) is 12.3 Å². The second-order valence-corrected chi connectivity index (χ2v) is 9.26. The van der Waals surface area contributed by atoms with Gasteiger partial charge in [0, 0.05) is 29.2 Å². The number of para-hydroxylation sites is 1. The van der Waals surface area contributed by atoms with Crippen LogP contribution in [0.1, 0.15) is 43.2 Å². The van der Waals surface area contributed by atoms with E-state index in [1.165, 1.54) is 19.3 Å². The number of aliphatic imine (C=N–C) groups is 1. The summed E-state index contributed by atoms with van der Waals surface area (Å²) in [7, 11) is 0. The maximum Gasteiger partial charge on any atom is 0.453 e.